The van der Waals surface area contributed by atoms with Gasteiger partial charge in [-0.3, -0.25) is 4.99 Å². The minimum absolute atomic E-state index is 0.148. The number of halogens is 1. The average molecular weight is 391 g/mol. The highest BCUT2D eigenvalue weighted by molar-refractivity contribution is 7.11. The van der Waals surface area contributed by atoms with Crippen molar-refractivity contribution in [2.24, 2.45) is 4.99 Å². The predicted octanol–water partition coefficient (Wildman–Crippen LogP) is 3.05. The molecule has 2 N–H and O–H groups in total. The van der Waals surface area contributed by atoms with Crippen LogP contribution in [0.5, 0.6) is 0 Å². The van der Waals surface area contributed by atoms with Crippen molar-refractivity contribution in [1.29, 1.82) is 0 Å². The Hall–Kier alpha value is -1.99. The van der Waals surface area contributed by atoms with E-state index in [1.807, 2.05) is 12.3 Å². The molecular weight excluding hydrogens is 363 g/mol. The summed E-state index contributed by atoms with van der Waals surface area (Å²) >= 11 is 1.72. The minimum Gasteiger partial charge on any atom is -0.381 e. The number of aliphatic imine (C=N–C) groups is 1. The summed E-state index contributed by atoms with van der Waals surface area (Å²) in [6, 6.07) is 6.93. The SMILES string of the molecule is CN=C(NCCc1ncc(C)s1)NCC1(c2cccc(F)c2)CCOCC1. The quantitative estimate of drug-likeness (QED) is 0.588. The molecule has 1 aromatic heterocycles. The van der Waals surface area contributed by atoms with Crippen LogP contribution in [0.25, 0.3) is 0 Å². The molecule has 1 aromatic carbocycles. The molecule has 0 atom stereocenters. The second kappa shape index (κ2) is 9.28. The number of aromatic nitrogens is 1. The zero-order chi connectivity index (χ0) is 19.1. The van der Waals surface area contributed by atoms with E-state index in [1.54, 1.807) is 30.5 Å². The fourth-order valence-corrected chi connectivity index (χ4v) is 4.21. The molecule has 0 bridgehead atoms. The van der Waals surface area contributed by atoms with Crippen molar-refractivity contribution >= 4 is 17.3 Å². The number of guanidine groups is 1. The summed E-state index contributed by atoms with van der Waals surface area (Å²) in [7, 11) is 1.77. The predicted molar refractivity (Wildman–Crippen MR) is 108 cm³/mol. The van der Waals surface area contributed by atoms with E-state index in [9.17, 15) is 4.39 Å². The number of benzene rings is 1. The monoisotopic (exact) mass is 390 g/mol. The Morgan fingerprint density at radius 1 is 1.33 bits per heavy atom. The topological polar surface area (TPSA) is 58.5 Å². The maximum atomic E-state index is 13.8. The van der Waals surface area contributed by atoms with Crippen LogP contribution >= 0.6 is 11.3 Å². The lowest BCUT2D eigenvalue weighted by Crippen LogP contribution is -2.48. The molecule has 1 fully saturated rings. The van der Waals surface area contributed by atoms with Gasteiger partial charge in [0, 0.05) is 56.3 Å². The third-order valence-corrected chi connectivity index (χ3v) is 5.98. The zero-order valence-corrected chi connectivity index (χ0v) is 16.7. The van der Waals surface area contributed by atoms with Gasteiger partial charge < -0.3 is 15.4 Å². The van der Waals surface area contributed by atoms with Gasteiger partial charge in [0.05, 0.1) is 5.01 Å². The van der Waals surface area contributed by atoms with E-state index in [4.69, 9.17) is 4.74 Å². The molecule has 146 valence electrons. The third-order valence-electron chi connectivity index (χ3n) is 5.01. The first-order valence-electron chi connectivity index (χ1n) is 9.31. The van der Waals surface area contributed by atoms with Crippen LogP contribution in [-0.2, 0) is 16.6 Å². The van der Waals surface area contributed by atoms with Gasteiger partial charge in [-0.1, -0.05) is 12.1 Å². The molecular formula is C20H27FN4OS. The van der Waals surface area contributed by atoms with Crippen LogP contribution in [0.1, 0.15) is 28.3 Å². The lowest BCUT2D eigenvalue weighted by Gasteiger charge is -2.38. The number of thiazole rings is 1. The molecule has 2 heterocycles. The Balaban J connectivity index is 1.60. The van der Waals surface area contributed by atoms with E-state index in [0.717, 1.165) is 42.3 Å². The lowest BCUT2D eigenvalue weighted by molar-refractivity contribution is 0.0513. The standard InChI is InChI=1S/C20H27FN4OS/c1-15-13-24-18(27-15)6-9-23-19(22-2)25-14-20(7-10-26-11-8-20)16-4-3-5-17(21)12-16/h3-5,12-13H,6-11,14H2,1-2H3,(H2,22,23,25). The van der Waals surface area contributed by atoms with E-state index in [1.165, 1.54) is 10.9 Å². The van der Waals surface area contributed by atoms with Crippen LogP contribution in [-0.4, -0.2) is 44.3 Å². The van der Waals surface area contributed by atoms with Crippen molar-refractivity contribution < 1.29 is 9.13 Å². The smallest absolute Gasteiger partial charge is 0.191 e. The number of rotatable bonds is 6. The van der Waals surface area contributed by atoms with Gasteiger partial charge in [0.1, 0.15) is 5.82 Å². The zero-order valence-electron chi connectivity index (χ0n) is 15.9. The summed E-state index contributed by atoms with van der Waals surface area (Å²) in [6.45, 7) is 4.90. The molecule has 0 saturated carbocycles. The highest BCUT2D eigenvalue weighted by Crippen LogP contribution is 2.34. The molecule has 0 spiro atoms. The van der Waals surface area contributed by atoms with Gasteiger partial charge in [0.25, 0.3) is 0 Å². The maximum absolute atomic E-state index is 13.8. The van der Waals surface area contributed by atoms with Crippen LogP contribution < -0.4 is 10.6 Å². The molecule has 2 aromatic rings. The van der Waals surface area contributed by atoms with Crippen molar-refractivity contribution in [3.8, 4) is 0 Å². The summed E-state index contributed by atoms with van der Waals surface area (Å²) in [5.41, 5.74) is 0.872. The Kier molecular flexibility index (Phi) is 6.79. The van der Waals surface area contributed by atoms with Crippen LogP contribution in [0, 0.1) is 12.7 Å². The van der Waals surface area contributed by atoms with Gasteiger partial charge in [-0.15, -0.1) is 11.3 Å². The first-order valence-corrected chi connectivity index (χ1v) is 10.1. The van der Waals surface area contributed by atoms with Gasteiger partial charge in [0.2, 0.25) is 0 Å². The first kappa shape index (κ1) is 19.8. The molecule has 5 nitrogen and oxygen atoms in total. The molecule has 1 aliphatic heterocycles. The third kappa shape index (κ3) is 5.26. The fourth-order valence-electron chi connectivity index (χ4n) is 3.43. The second-order valence-electron chi connectivity index (χ2n) is 6.87. The van der Waals surface area contributed by atoms with Crippen LogP contribution in [0.15, 0.2) is 35.5 Å². The van der Waals surface area contributed by atoms with Crippen LogP contribution in [0.2, 0.25) is 0 Å². The second-order valence-corrected chi connectivity index (χ2v) is 8.19. The van der Waals surface area contributed by atoms with Crippen molar-refractivity contribution in [3.63, 3.8) is 0 Å². The number of hydrogen-bond donors (Lipinski definition) is 2. The molecule has 7 heteroatoms. The van der Waals surface area contributed by atoms with E-state index >= 15 is 0 Å². The van der Waals surface area contributed by atoms with Crippen molar-refractivity contribution in [1.82, 2.24) is 15.6 Å². The summed E-state index contributed by atoms with van der Waals surface area (Å²) in [4.78, 5) is 9.93. The van der Waals surface area contributed by atoms with Crippen LogP contribution in [0.3, 0.4) is 0 Å². The Morgan fingerprint density at radius 3 is 2.81 bits per heavy atom. The molecule has 0 unspecified atom stereocenters. The number of ether oxygens (including phenoxy) is 1. The number of hydrogen-bond acceptors (Lipinski definition) is 4. The fraction of sp³-hybridized carbons (Fsp3) is 0.500. The number of nitrogens with zero attached hydrogens (tertiary/aromatic N) is 2. The Labute approximate surface area is 164 Å². The summed E-state index contributed by atoms with van der Waals surface area (Å²) in [5.74, 6) is 0.560. The molecule has 3 rings (SSSR count). The molecule has 0 aliphatic carbocycles. The summed E-state index contributed by atoms with van der Waals surface area (Å²) in [5, 5.41) is 7.90. The lowest BCUT2D eigenvalue weighted by atomic mass is 9.74. The van der Waals surface area contributed by atoms with E-state index in [0.29, 0.717) is 19.8 Å². The number of nitrogens with one attached hydrogen (secondary N) is 2. The Bertz CT molecular complexity index is 771. The van der Waals surface area contributed by atoms with Gasteiger partial charge in [-0.05, 0) is 37.5 Å². The summed E-state index contributed by atoms with van der Waals surface area (Å²) < 4.78 is 19.3. The molecule has 0 amide bonds. The van der Waals surface area contributed by atoms with E-state index in [2.05, 4.69) is 27.5 Å². The maximum Gasteiger partial charge on any atom is 0.191 e. The van der Waals surface area contributed by atoms with Gasteiger partial charge in [0.15, 0.2) is 5.96 Å². The first-order chi connectivity index (χ1) is 13.1. The highest BCUT2D eigenvalue weighted by atomic mass is 32.1. The number of aryl methyl sites for hydroxylation is 1. The van der Waals surface area contributed by atoms with Crippen molar-refractivity contribution in [2.75, 3.05) is 33.4 Å². The normalized spacial score (nSPS) is 16.9. The highest BCUT2D eigenvalue weighted by Gasteiger charge is 2.34. The molecule has 0 radical (unpaired) electrons. The molecule has 27 heavy (non-hydrogen) atoms. The van der Waals surface area contributed by atoms with Crippen molar-refractivity contribution in [2.45, 2.75) is 31.6 Å². The average Bonchev–Trinajstić information content (AvgIpc) is 3.10. The van der Waals surface area contributed by atoms with Gasteiger partial charge in [-0.2, -0.15) is 0 Å². The van der Waals surface area contributed by atoms with E-state index in [-0.39, 0.29) is 11.2 Å². The van der Waals surface area contributed by atoms with Gasteiger partial charge in [-0.25, -0.2) is 9.37 Å². The van der Waals surface area contributed by atoms with Gasteiger partial charge >= 0.3 is 0 Å². The largest absolute Gasteiger partial charge is 0.381 e. The van der Waals surface area contributed by atoms with Crippen LogP contribution in [0.4, 0.5) is 4.39 Å². The van der Waals surface area contributed by atoms with Crippen molar-refractivity contribution in [3.05, 3.63) is 51.7 Å². The molecule has 1 saturated heterocycles. The van der Waals surface area contributed by atoms with E-state index < -0.39 is 0 Å². The Morgan fingerprint density at radius 2 is 2.15 bits per heavy atom. The summed E-state index contributed by atoms with van der Waals surface area (Å²) in [6.07, 6.45) is 4.49. The molecule has 1 aliphatic rings. The minimum atomic E-state index is -0.195.